The van der Waals surface area contributed by atoms with Crippen molar-refractivity contribution in [3.63, 3.8) is 0 Å². The molecule has 0 N–H and O–H groups in total. The summed E-state index contributed by atoms with van der Waals surface area (Å²) in [7, 11) is 0. The van der Waals surface area contributed by atoms with Gasteiger partial charge in [-0.2, -0.15) is 0 Å². The second-order valence-corrected chi connectivity index (χ2v) is 3.66. The van der Waals surface area contributed by atoms with Crippen molar-refractivity contribution in [3.05, 3.63) is 6.92 Å². The Bertz CT molecular complexity index is 118. The first-order valence-corrected chi connectivity index (χ1v) is 5.62. The average molecular weight is 183 g/mol. The highest BCUT2D eigenvalue weighted by atomic mass is 16.1. The van der Waals surface area contributed by atoms with Crippen molar-refractivity contribution in [2.75, 3.05) is 0 Å². The van der Waals surface area contributed by atoms with E-state index < -0.39 is 0 Å². The standard InChI is InChI=1S/C12H23O/c1-3-5-7-8-9-11-12(13)10-6-4-2/h1,3-11H2,2H3. The highest BCUT2D eigenvalue weighted by Gasteiger charge is 1.99. The number of hydrogen-bond acceptors (Lipinski definition) is 1. The maximum Gasteiger partial charge on any atom is 0.132 e. The summed E-state index contributed by atoms with van der Waals surface area (Å²) in [4.78, 5) is 11.2. The number of Topliss-reactive ketones (excluding diaryl/α,β-unsaturated/α-hetero) is 1. The van der Waals surface area contributed by atoms with Gasteiger partial charge >= 0.3 is 0 Å². The highest BCUT2D eigenvalue weighted by molar-refractivity contribution is 5.78. The number of carbonyl (C=O) groups excluding carboxylic acids is 1. The van der Waals surface area contributed by atoms with Crippen LogP contribution >= 0.6 is 0 Å². The maximum atomic E-state index is 11.2. The molecule has 0 aliphatic rings. The summed E-state index contributed by atoms with van der Waals surface area (Å²) in [6, 6.07) is 0. The fourth-order valence-electron chi connectivity index (χ4n) is 1.35. The quantitative estimate of drug-likeness (QED) is 0.495. The van der Waals surface area contributed by atoms with Crippen LogP contribution in [-0.2, 0) is 4.79 Å². The predicted octanol–water partition coefficient (Wildman–Crippen LogP) is 3.92. The average Bonchev–Trinajstić information content (AvgIpc) is 2.14. The number of carbonyl (C=O) groups is 1. The van der Waals surface area contributed by atoms with E-state index in [1.807, 2.05) is 0 Å². The number of rotatable bonds is 9. The van der Waals surface area contributed by atoms with Gasteiger partial charge in [0.15, 0.2) is 0 Å². The van der Waals surface area contributed by atoms with E-state index in [4.69, 9.17) is 0 Å². The lowest BCUT2D eigenvalue weighted by Gasteiger charge is -1.99. The summed E-state index contributed by atoms with van der Waals surface area (Å²) >= 11 is 0. The molecule has 77 valence electrons. The summed E-state index contributed by atoms with van der Waals surface area (Å²) in [6.45, 7) is 5.92. The zero-order valence-electron chi connectivity index (χ0n) is 8.98. The van der Waals surface area contributed by atoms with Crippen molar-refractivity contribution in [2.24, 2.45) is 0 Å². The predicted molar refractivity (Wildman–Crippen MR) is 57.6 cm³/mol. The lowest BCUT2D eigenvalue weighted by Crippen LogP contribution is -1.96. The lowest BCUT2D eigenvalue weighted by molar-refractivity contribution is -0.119. The molecular formula is C12H23O. The van der Waals surface area contributed by atoms with Crippen LogP contribution in [0.1, 0.15) is 64.7 Å². The normalized spacial score (nSPS) is 10.3. The van der Waals surface area contributed by atoms with Crippen LogP contribution in [0.3, 0.4) is 0 Å². The van der Waals surface area contributed by atoms with Crippen molar-refractivity contribution in [1.29, 1.82) is 0 Å². The van der Waals surface area contributed by atoms with Crippen LogP contribution in [0.2, 0.25) is 0 Å². The molecule has 0 saturated heterocycles. The minimum absolute atomic E-state index is 0.455. The van der Waals surface area contributed by atoms with Crippen LogP contribution in [0.4, 0.5) is 0 Å². The molecule has 1 heteroatoms. The summed E-state index contributed by atoms with van der Waals surface area (Å²) in [5.41, 5.74) is 0. The third kappa shape index (κ3) is 9.59. The van der Waals surface area contributed by atoms with Gasteiger partial charge in [-0.3, -0.25) is 4.79 Å². The molecule has 0 aliphatic heterocycles. The number of ketones is 1. The Kier molecular flexibility index (Phi) is 9.51. The summed E-state index contributed by atoms with van der Waals surface area (Å²) in [5, 5.41) is 0. The molecule has 0 atom stereocenters. The zero-order chi connectivity index (χ0) is 9.94. The van der Waals surface area contributed by atoms with Gasteiger partial charge in [0.2, 0.25) is 0 Å². The van der Waals surface area contributed by atoms with Crippen molar-refractivity contribution < 1.29 is 4.79 Å². The molecule has 0 unspecified atom stereocenters. The van der Waals surface area contributed by atoms with Crippen LogP contribution in [0.15, 0.2) is 0 Å². The first kappa shape index (κ1) is 12.7. The van der Waals surface area contributed by atoms with Crippen molar-refractivity contribution in [2.45, 2.75) is 64.7 Å². The van der Waals surface area contributed by atoms with E-state index in [2.05, 4.69) is 13.8 Å². The molecular weight excluding hydrogens is 160 g/mol. The third-order valence-electron chi connectivity index (χ3n) is 2.26. The number of unbranched alkanes of at least 4 members (excludes halogenated alkanes) is 5. The van der Waals surface area contributed by atoms with Gasteiger partial charge in [-0.15, -0.1) is 0 Å². The summed E-state index contributed by atoms with van der Waals surface area (Å²) in [6.07, 6.45) is 9.57. The molecule has 0 aromatic carbocycles. The molecule has 0 aliphatic carbocycles. The monoisotopic (exact) mass is 183 g/mol. The lowest BCUT2D eigenvalue weighted by atomic mass is 10.1. The van der Waals surface area contributed by atoms with Crippen molar-refractivity contribution >= 4 is 5.78 Å². The Hall–Kier alpha value is -0.330. The number of hydrogen-bond donors (Lipinski definition) is 0. The minimum Gasteiger partial charge on any atom is -0.300 e. The van der Waals surface area contributed by atoms with Crippen molar-refractivity contribution in [3.8, 4) is 0 Å². The molecule has 1 radical (unpaired) electrons. The molecule has 0 fully saturated rings. The van der Waals surface area contributed by atoms with Crippen LogP contribution in [0, 0.1) is 6.92 Å². The molecule has 13 heavy (non-hydrogen) atoms. The molecule has 0 spiro atoms. The molecule has 0 aromatic heterocycles. The molecule has 0 amide bonds. The second-order valence-electron chi connectivity index (χ2n) is 3.66. The molecule has 0 saturated carbocycles. The Balaban J connectivity index is 3.08. The first-order valence-electron chi connectivity index (χ1n) is 5.62. The highest BCUT2D eigenvalue weighted by Crippen LogP contribution is 2.07. The van der Waals surface area contributed by atoms with E-state index in [1.54, 1.807) is 0 Å². The Morgan fingerprint density at radius 2 is 1.62 bits per heavy atom. The molecule has 0 aromatic rings. The van der Waals surface area contributed by atoms with E-state index in [0.717, 1.165) is 38.5 Å². The third-order valence-corrected chi connectivity index (χ3v) is 2.26. The molecule has 0 rings (SSSR count). The Labute approximate surface area is 82.9 Å². The van der Waals surface area contributed by atoms with Crippen molar-refractivity contribution in [1.82, 2.24) is 0 Å². The molecule has 0 heterocycles. The summed E-state index contributed by atoms with van der Waals surface area (Å²) < 4.78 is 0. The van der Waals surface area contributed by atoms with E-state index in [9.17, 15) is 4.79 Å². The minimum atomic E-state index is 0.455. The second kappa shape index (κ2) is 9.76. The van der Waals surface area contributed by atoms with Gasteiger partial charge in [0, 0.05) is 12.8 Å². The largest absolute Gasteiger partial charge is 0.300 e. The van der Waals surface area contributed by atoms with Gasteiger partial charge in [-0.1, -0.05) is 46.0 Å². The van der Waals surface area contributed by atoms with Gasteiger partial charge < -0.3 is 0 Å². The van der Waals surface area contributed by atoms with Gasteiger partial charge in [-0.25, -0.2) is 0 Å². The van der Waals surface area contributed by atoms with Gasteiger partial charge in [0.05, 0.1) is 0 Å². The van der Waals surface area contributed by atoms with E-state index in [1.165, 1.54) is 19.3 Å². The zero-order valence-corrected chi connectivity index (χ0v) is 8.98. The molecule has 1 nitrogen and oxygen atoms in total. The van der Waals surface area contributed by atoms with Gasteiger partial charge in [-0.05, 0) is 12.8 Å². The molecule has 0 bridgehead atoms. The van der Waals surface area contributed by atoms with Crippen LogP contribution < -0.4 is 0 Å². The van der Waals surface area contributed by atoms with E-state index >= 15 is 0 Å². The smallest absolute Gasteiger partial charge is 0.132 e. The van der Waals surface area contributed by atoms with Crippen LogP contribution in [-0.4, -0.2) is 5.78 Å². The summed E-state index contributed by atoms with van der Waals surface area (Å²) in [5.74, 6) is 0.455. The van der Waals surface area contributed by atoms with E-state index in [0.29, 0.717) is 5.78 Å². The fraction of sp³-hybridized carbons (Fsp3) is 0.833. The van der Waals surface area contributed by atoms with Crippen LogP contribution in [0.25, 0.3) is 0 Å². The SMILES string of the molecule is [CH2]CCCCCCC(=O)CCCC. The Morgan fingerprint density at radius 3 is 2.23 bits per heavy atom. The van der Waals surface area contributed by atoms with Gasteiger partial charge in [0.1, 0.15) is 5.78 Å². The van der Waals surface area contributed by atoms with E-state index in [-0.39, 0.29) is 0 Å². The van der Waals surface area contributed by atoms with Gasteiger partial charge in [0.25, 0.3) is 0 Å². The first-order chi connectivity index (χ1) is 6.31. The fourth-order valence-corrected chi connectivity index (χ4v) is 1.35. The maximum absolute atomic E-state index is 11.2. The Morgan fingerprint density at radius 1 is 1.00 bits per heavy atom. The van der Waals surface area contributed by atoms with Crippen LogP contribution in [0.5, 0.6) is 0 Å². The topological polar surface area (TPSA) is 17.1 Å².